The van der Waals surface area contributed by atoms with Gasteiger partial charge in [0.2, 0.25) is 0 Å². The fourth-order valence-corrected chi connectivity index (χ4v) is 4.08. The fourth-order valence-electron chi connectivity index (χ4n) is 2.79. The molecule has 4 nitrogen and oxygen atoms in total. The first-order chi connectivity index (χ1) is 13.2. The topological polar surface area (TPSA) is 43.6 Å². The minimum atomic E-state index is 0.812. The Kier molecular flexibility index (Phi) is 5.36. The predicted molar refractivity (Wildman–Crippen MR) is 113 cm³/mol. The van der Waals surface area contributed by atoms with Crippen LogP contribution in [0.25, 0.3) is 17.1 Å². The number of aromatic nitrogens is 4. The summed E-state index contributed by atoms with van der Waals surface area (Å²) in [4.78, 5) is 4.11. The van der Waals surface area contributed by atoms with Crippen LogP contribution in [-0.2, 0) is 5.75 Å². The lowest BCUT2D eigenvalue weighted by Gasteiger charge is -2.11. The Bertz CT molecular complexity index is 1050. The van der Waals surface area contributed by atoms with Crippen molar-refractivity contribution < 1.29 is 0 Å². The molecule has 0 saturated carbocycles. The molecule has 0 unspecified atom stereocenters. The van der Waals surface area contributed by atoms with Crippen LogP contribution in [0.3, 0.4) is 0 Å². The van der Waals surface area contributed by atoms with E-state index in [1.54, 1.807) is 24.2 Å². The Morgan fingerprint density at radius 1 is 0.926 bits per heavy atom. The molecule has 2 aromatic carbocycles. The summed E-state index contributed by atoms with van der Waals surface area (Å²) < 4.78 is 3.14. The number of benzene rings is 2. The van der Waals surface area contributed by atoms with Crippen LogP contribution in [0.5, 0.6) is 0 Å². The highest BCUT2D eigenvalue weighted by Crippen LogP contribution is 2.30. The molecule has 0 saturated heterocycles. The monoisotopic (exact) mass is 436 g/mol. The molecule has 0 aliphatic heterocycles. The molecule has 4 rings (SSSR count). The van der Waals surface area contributed by atoms with E-state index in [2.05, 4.69) is 79.0 Å². The third kappa shape index (κ3) is 3.96. The summed E-state index contributed by atoms with van der Waals surface area (Å²) in [6.45, 7) is 2.14. The summed E-state index contributed by atoms with van der Waals surface area (Å²) >= 11 is 5.20. The van der Waals surface area contributed by atoms with Crippen molar-refractivity contribution in [3.8, 4) is 17.1 Å². The molecule has 0 bridgehead atoms. The van der Waals surface area contributed by atoms with Crippen LogP contribution >= 0.6 is 27.7 Å². The minimum absolute atomic E-state index is 0.812. The summed E-state index contributed by atoms with van der Waals surface area (Å²) in [7, 11) is 0. The van der Waals surface area contributed by atoms with Crippen LogP contribution < -0.4 is 0 Å². The summed E-state index contributed by atoms with van der Waals surface area (Å²) in [5.41, 5.74) is 4.61. The lowest BCUT2D eigenvalue weighted by atomic mass is 10.1. The van der Waals surface area contributed by atoms with E-state index < -0.39 is 0 Å². The second-order valence-electron chi connectivity index (χ2n) is 6.07. The molecular formula is C21H17BrN4S. The van der Waals surface area contributed by atoms with E-state index in [4.69, 9.17) is 0 Å². The molecule has 0 fully saturated rings. The van der Waals surface area contributed by atoms with Crippen molar-refractivity contribution in [3.05, 3.63) is 88.7 Å². The fraction of sp³-hybridized carbons (Fsp3) is 0.0952. The van der Waals surface area contributed by atoms with Crippen molar-refractivity contribution >= 4 is 27.7 Å². The molecule has 0 atom stereocenters. The molecule has 2 aromatic heterocycles. The molecule has 0 aliphatic rings. The first kappa shape index (κ1) is 17.9. The van der Waals surface area contributed by atoms with Gasteiger partial charge in [-0.1, -0.05) is 52.0 Å². The van der Waals surface area contributed by atoms with Crippen molar-refractivity contribution in [2.24, 2.45) is 0 Å². The van der Waals surface area contributed by atoms with Gasteiger partial charge in [-0.25, -0.2) is 0 Å². The molecule has 0 N–H and O–H groups in total. The van der Waals surface area contributed by atoms with Gasteiger partial charge in [-0.15, -0.1) is 10.2 Å². The highest BCUT2D eigenvalue weighted by Gasteiger charge is 2.16. The van der Waals surface area contributed by atoms with Crippen LogP contribution in [0, 0.1) is 6.92 Å². The SMILES string of the molecule is Cc1ccccc1CSc1nnc(-c2ccncc2)n1-c1ccc(Br)cc1. The lowest BCUT2D eigenvalue weighted by Crippen LogP contribution is -2.00. The minimum Gasteiger partial charge on any atom is -0.270 e. The lowest BCUT2D eigenvalue weighted by molar-refractivity contribution is 0.885. The molecule has 0 amide bonds. The molecule has 0 spiro atoms. The Morgan fingerprint density at radius 2 is 1.67 bits per heavy atom. The summed E-state index contributed by atoms with van der Waals surface area (Å²) in [5.74, 6) is 1.66. The quantitative estimate of drug-likeness (QED) is 0.376. The number of hydrogen-bond acceptors (Lipinski definition) is 4. The molecule has 27 heavy (non-hydrogen) atoms. The predicted octanol–water partition coefficient (Wildman–Crippen LogP) is 5.69. The van der Waals surface area contributed by atoms with E-state index in [0.29, 0.717) is 0 Å². The van der Waals surface area contributed by atoms with Gasteiger partial charge in [0.25, 0.3) is 0 Å². The number of hydrogen-bond donors (Lipinski definition) is 0. The first-order valence-corrected chi connectivity index (χ1v) is 10.3. The van der Waals surface area contributed by atoms with E-state index in [-0.39, 0.29) is 0 Å². The Hall–Kier alpha value is -2.44. The van der Waals surface area contributed by atoms with Gasteiger partial charge >= 0.3 is 0 Å². The standard InChI is InChI=1S/C21H17BrN4S/c1-15-4-2-3-5-17(15)14-27-21-25-24-20(16-10-12-23-13-11-16)26(21)19-8-6-18(22)7-9-19/h2-13H,14H2,1H3. The van der Waals surface area contributed by atoms with Crippen LogP contribution in [0.4, 0.5) is 0 Å². The molecular weight excluding hydrogens is 420 g/mol. The molecule has 4 aromatic rings. The Morgan fingerprint density at radius 3 is 2.41 bits per heavy atom. The van der Waals surface area contributed by atoms with Crippen molar-refractivity contribution in [1.82, 2.24) is 19.7 Å². The molecule has 134 valence electrons. The van der Waals surface area contributed by atoms with Gasteiger partial charge in [0, 0.05) is 33.9 Å². The van der Waals surface area contributed by atoms with Gasteiger partial charge in [0.15, 0.2) is 11.0 Å². The number of rotatable bonds is 5. The van der Waals surface area contributed by atoms with Gasteiger partial charge in [-0.05, 0) is 54.4 Å². The summed E-state index contributed by atoms with van der Waals surface area (Å²) in [6, 6.07) is 20.5. The normalized spacial score (nSPS) is 10.9. The van der Waals surface area contributed by atoms with Crippen molar-refractivity contribution in [2.75, 3.05) is 0 Å². The Labute approximate surface area is 170 Å². The second kappa shape index (κ2) is 8.06. The van der Waals surface area contributed by atoms with Crippen molar-refractivity contribution in [1.29, 1.82) is 0 Å². The van der Waals surface area contributed by atoms with E-state index in [0.717, 1.165) is 32.5 Å². The van der Waals surface area contributed by atoms with E-state index in [1.807, 2.05) is 24.3 Å². The number of halogens is 1. The number of thioether (sulfide) groups is 1. The zero-order valence-corrected chi connectivity index (χ0v) is 17.1. The molecule has 0 radical (unpaired) electrons. The van der Waals surface area contributed by atoms with E-state index in [9.17, 15) is 0 Å². The average Bonchev–Trinajstić information content (AvgIpc) is 3.12. The van der Waals surface area contributed by atoms with E-state index >= 15 is 0 Å². The van der Waals surface area contributed by atoms with Crippen LogP contribution in [0.1, 0.15) is 11.1 Å². The molecule has 0 aliphatic carbocycles. The third-order valence-corrected chi connectivity index (χ3v) is 5.78. The highest BCUT2D eigenvalue weighted by molar-refractivity contribution is 9.10. The maximum absolute atomic E-state index is 4.48. The van der Waals surface area contributed by atoms with Crippen LogP contribution in [-0.4, -0.2) is 19.7 Å². The zero-order valence-electron chi connectivity index (χ0n) is 14.7. The van der Waals surface area contributed by atoms with Crippen molar-refractivity contribution in [2.45, 2.75) is 17.8 Å². The number of pyridine rings is 1. The van der Waals surface area contributed by atoms with Gasteiger partial charge in [0.1, 0.15) is 0 Å². The number of nitrogens with zero attached hydrogens (tertiary/aromatic N) is 4. The maximum Gasteiger partial charge on any atom is 0.196 e. The third-order valence-electron chi connectivity index (χ3n) is 4.27. The van der Waals surface area contributed by atoms with E-state index in [1.165, 1.54) is 11.1 Å². The first-order valence-electron chi connectivity index (χ1n) is 8.51. The largest absolute Gasteiger partial charge is 0.270 e. The summed E-state index contributed by atoms with van der Waals surface area (Å²) in [5, 5.41) is 9.82. The van der Waals surface area contributed by atoms with Gasteiger partial charge in [0.05, 0.1) is 0 Å². The second-order valence-corrected chi connectivity index (χ2v) is 7.93. The molecule has 6 heteroatoms. The smallest absolute Gasteiger partial charge is 0.196 e. The van der Waals surface area contributed by atoms with Gasteiger partial charge in [-0.2, -0.15) is 0 Å². The average molecular weight is 437 g/mol. The summed E-state index contributed by atoms with van der Waals surface area (Å²) in [6.07, 6.45) is 3.55. The maximum atomic E-state index is 4.48. The highest BCUT2D eigenvalue weighted by atomic mass is 79.9. The molecule has 2 heterocycles. The van der Waals surface area contributed by atoms with Gasteiger partial charge in [-0.3, -0.25) is 9.55 Å². The zero-order chi connectivity index (χ0) is 18.6. The Balaban J connectivity index is 1.74. The van der Waals surface area contributed by atoms with Gasteiger partial charge < -0.3 is 0 Å². The van der Waals surface area contributed by atoms with Crippen LogP contribution in [0.2, 0.25) is 0 Å². The van der Waals surface area contributed by atoms with Crippen LogP contribution in [0.15, 0.2) is 82.7 Å². The number of aryl methyl sites for hydroxylation is 1. The van der Waals surface area contributed by atoms with Crippen molar-refractivity contribution in [3.63, 3.8) is 0 Å².